The molecule has 2 rings (SSSR count). The Kier molecular flexibility index (Phi) is 6.52. The molecule has 4 nitrogen and oxygen atoms in total. The highest BCUT2D eigenvalue weighted by Crippen LogP contribution is 2.13. The number of nitrogens with one attached hydrogen (secondary N) is 2. The van der Waals surface area contributed by atoms with E-state index in [1.807, 2.05) is 31.2 Å². The van der Waals surface area contributed by atoms with Gasteiger partial charge < -0.3 is 5.32 Å². The van der Waals surface area contributed by atoms with Crippen LogP contribution in [-0.4, -0.2) is 18.2 Å². The topological polar surface area (TPSA) is 53.5 Å². The molecule has 0 aromatic heterocycles. The molecule has 0 heterocycles. The SMILES string of the molecule is CCC(Nc1ccc(I)cc1)C(=O)N/N=C/c1ccc(F)cc1. The van der Waals surface area contributed by atoms with Crippen molar-refractivity contribution in [1.29, 1.82) is 0 Å². The van der Waals surface area contributed by atoms with Gasteiger partial charge in [0.2, 0.25) is 0 Å². The number of amides is 1. The molecule has 1 amide bonds. The molecule has 0 bridgehead atoms. The number of hydrazone groups is 1. The predicted molar refractivity (Wildman–Crippen MR) is 99.0 cm³/mol. The van der Waals surface area contributed by atoms with E-state index in [1.165, 1.54) is 18.3 Å². The van der Waals surface area contributed by atoms with Crippen molar-refractivity contribution in [2.75, 3.05) is 5.32 Å². The standard InChI is InChI=1S/C17H17FIN3O/c1-2-16(21-15-9-7-14(19)8-10-15)17(23)22-20-11-12-3-5-13(18)6-4-12/h3-11,16,21H,2H2,1H3,(H,22,23)/b20-11+. The second-order valence-electron chi connectivity index (χ2n) is 4.90. The van der Waals surface area contributed by atoms with E-state index in [9.17, 15) is 9.18 Å². The molecule has 2 N–H and O–H groups in total. The van der Waals surface area contributed by atoms with Gasteiger partial charge in [0.1, 0.15) is 11.9 Å². The van der Waals surface area contributed by atoms with Gasteiger partial charge in [0.05, 0.1) is 6.21 Å². The lowest BCUT2D eigenvalue weighted by molar-refractivity contribution is -0.121. The maximum atomic E-state index is 12.8. The summed E-state index contributed by atoms with van der Waals surface area (Å²) < 4.78 is 13.9. The van der Waals surface area contributed by atoms with Crippen LogP contribution in [0.15, 0.2) is 53.6 Å². The third kappa shape index (κ3) is 5.63. The van der Waals surface area contributed by atoms with Crippen LogP contribution >= 0.6 is 22.6 Å². The van der Waals surface area contributed by atoms with Crippen LogP contribution < -0.4 is 10.7 Å². The summed E-state index contributed by atoms with van der Waals surface area (Å²) in [5.74, 6) is -0.525. The highest BCUT2D eigenvalue weighted by Gasteiger charge is 2.15. The first-order valence-electron chi connectivity index (χ1n) is 7.19. The van der Waals surface area contributed by atoms with Crippen molar-refractivity contribution in [3.8, 4) is 0 Å². The van der Waals surface area contributed by atoms with Gasteiger partial charge in [-0.1, -0.05) is 19.1 Å². The maximum Gasteiger partial charge on any atom is 0.262 e. The van der Waals surface area contributed by atoms with Gasteiger partial charge in [-0.05, 0) is 71.0 Å². The van der Waals surface area contributed by atoms with Gasteiger partial charge in [-0.2, -0.15) is 5.10 Å². The largest absolute Gasteiger partial charge is 0.374 e. The molecule has 2 aromatic rings. The summed E-state index contributed by atoms with van der Waals surface area (Å²) in [7, 11) is 0. The molecule has 0 saturated heterocycles. The summed E-state index contributed by atoms with van der Waals surface area (Å²) in [4.78, 5) is 12.1. The van der Waals surface area contributed by atoms with Gasteiger partial charge >= 0.3 is 0 Å². The van der Waals surface area contributed by atoms with Gasteiger partial charge in [-0.25, -0.2) is 9.82 Å². The molecule has 6 heteroatoms. The van der Waals surface area contributed by atoms with Crippen LogP contribution in [0.1, 0.15) is 18.9 Å². The molecule has 1 atom stereocenters. The Bertz CT molecular complexity index is 671. The van der Waals surface area contributed by atoms with Crippen LogP contribution in [0.5, 0.6) is 0 Å². The van der Waals surface area contributed by atoms with Crippen LogP contribution in [0.25, 0.3) is 0 Å². The number of halogens is 2. The number of rotatable bonds is 6. The minimum Gasteiger partial charge on any atom is -0.374 e. The number of benzene rings is 2. The normalized spacial score (nSPS) is 12.1. The van der Waals surface area contributed by atoms with Crippen molar-refractivity contribution >= 4 is 40.4 Å². The molecule has 0 aliphatic heterocycles. The van der Waals surface area contributed by atoms with E-state index in [-0.39, 0.29) is 17.8 Å². The zero-order valence-electron chi connectivity index (χ0n) is 12.6. The fourth-order valence-electron chi connectivity index (χ4n) is 1.90. The Balaban J connectivity index is 1.91. The quantitative estimate of drug-likeness (QED) is 0.421. The van der Waals surface area contributed by atoms with Crippen LogP contribution in [-0.2, 0) is 4.79 Å². The van der Waals surface area contributed by atoms with Gasteiger partial charge in [0, 0.05) is 9.26 Å². The Morgan fingerprint density at radius 3 is 2.48 bits per heavy atom. The van der Waals surface area contributed by atoms with Crippen molar-refractivity contribution < 1.29 is 9.18 Å². The lowest BCUT2D eigenvalue weighted by atomic mass is 10.2. The second kappa shape index (κ2) is 8.61. The molecule has 2 aromatic carbocycles. The highest BCUT2D eigenvalue weighted by molar-refractivity contribution is 14.1. The molecule has 0 spiro atoms. The summed E-state index contributed by atoms with van der Waals surface area (Å²) in [5.41, 5.74) is 4.10. The van der Waals surface area contributed by atoms with Gasteiger partial charge in [-0.3, -0.25) is 4.79 Å². The zero-order valence-corrected chi connectivity index (χ0v) is 14.7. The van der Waals surface area contributed by atoms with E-state index in [0.29, 0.717) is 12.0 Å². The summed E-state index contributed by atoms with van der Waals surface area (Å²) in [6.45, 7) is 1.92. The lowest BCUT2D eigenvalue weighted by Gasteiger charge is -2.16. The second-order valence-corrected chi connectivity index (χ2v) is 6.14. The monoisotopic (exact) mass is 425 g/mol. The summed E-state index contributed by atoms with van der Waals surface area (Å²) in [6, 6.07) is 13.3. The fraction of sp³-hybridized carbons (Fsp3) is 0.176. The van der Waals surface area contributed by atoms with E-state index < -0.39 is 0 Å². The van der Waals surface area contributed by atoms with E-state index in [4.69, 9.17) is 0 Å². The molecular formula is C17H17FIN3O. The number of hydrogen-bond donors (Lipinski definition) is 2. The van der Waals surface area contributed by atoms with Gasteiger partial charge in [0.25, 0.3) is 5.91 Å². The van der Waals surface area contributed by atoms with Crippen molar-refractivity contribution in [3.05, 3.63) is 63.5 Å². The Morgan fingerprint density at radius 1 is 1.22 bits per heavy atom. The average molecular weight is 425 g/mol. The van der Waals surface area contributed by atoms with Gasteiger partial charge in [0.15, 0.2) is 0 Å². The van der Waals surface area contributed by atoms with Crippen molar-refractivity contribution in [2.24, 2.45) is 5.10 Å². The maximum absolute atomic E-state index is 12.8. The van der Waals surface area contributed by atoms with Crippen molar-refractivity contribution in [1.82, 2.24) is 5.43 Å². The molecular weight excluding hydrogens is 408 g/mol. The molecule has 120 valence electrons. The molecule has 0 fully saturated rings. The van der Waals surface area contributed by atoms with Crippen molar-refractivity contribution in [2.45, 2.75) is 19.4 Å². The van der Waals surface area contributed by atoms with Crippen LogP contribution in [0, 0.1) is 9.39 Å². The summed E-state index contributed by atoms with van der Waals surface area (Å²) in [6.07, 6.45) is 2.11. The minimum absolute atomic E-state index is 0.218. The van der Waals surface area contributed by atoms with Crippen molar-refractivity contribution in [3.63, 3.8) is 0 Å². The van der Waals surface area contributed by atoms with E-state index in [2.05, 4.69) is 38.4 Å². The molecule has 23 heavy (non-hydrogen) atoms. The Morgan fingerprint density at radius 2 is 1.87 bits per heavy atom. The first-order chi connectivity index (χ1) is 11.1. The fourth-order valence-corrected chi connectivity index (χ4v) is 2.26. The Hall–Kier alpha value is -1.96. The van der Waals surface area contributed by atoms with E-state index >= 15 is 0 Å². The summed E-state index contributed by atoms with van der Waals surface area (Å²) in [5, 5.41) is 7.08. The molecule has 0 saturated carbocycles. The van der Waals surface area contributed by atoms with Gasteiger partial charge in [-0.15, -0.1) is 0 Å². The molecule has 0 aliphatic carbocycles. The molecule has 1 unspecified atom stereocenters. The predicted octanol–water partition coefficient (Wildman–Crippen LogP) is 3.77. The van der Waals surface area contributed by atoms with Crippen LogP contribution in [0.3, 0.4) is 0 Å². The van der Waals surface area contributed by atoms with Crippen LogP contribution in [0.4, 0.5) is 10.1 Å². The Labute approximate surface area is 148 Å². The summed E-state index contributed by atoms with van der Waals surface area (Å²) >= 11 is 2.23. The number of anilines is 1. The third-order valence-corrected chi connectivity index (χ3v) is 3.89. The molecule has 0 radical (unpaired) electrons. The minimum atomic E-state index is -0.375. The number of hydrogen-bond acceptors (Lipinski definition) is 3. The number of carbonyl (C=O) groups is 1. The zero-order chi connectivity index (χ0) is 16.7. The van der Waals surface area contributed by atoms with E-state index in [0.717, 1.165) is 9.26 Å². The average Bonchev–Trinajstić information content (AvgIpc) is 2.56. The van der Waals surface area contributed by atoms with Crippen LogP contribution in [0.2, 0.25) is 0 Å². The highest BCUT2D eigenvalue weighted by atomic mass is 127. The molecule has 0 aliphatic rings. The number of carbonyl (C=O) groups excluding carboxylic acids is 1. The third-order valence-electron chi connectivity index (χ3n) is 3.17. The first kappa shape index (κ1) is 17.4. The smallest absolute Gasteiger partial charge is 0.262 e. The van der Waals surface area contributed by atoms with E-state index in [1.54, 1.807) is 12.1 Å². The lowest BCUT2D eigenvalue weighted by Crippen LogP contribution is -2.36. The number of nitrogens with zero attached hydrogens (tertiary/aromatic N) is 1. The first-order valence-corrected chi connectivity index (χ1v) is 8.27.